The molecule has 8 heteroatoms. The van der Waals surface area contributed by atoms with Crippen LogP contribution in [0.2, 0.25) is 5.02 Å². The van der Waals surface area contributed by atoms with Gasteiger partial charge in [-0.2, -0.15) is 0 Å². The Kier molecular flexibility index (Phi) is 5.20. The van der Waals surface area contributed by atoms with E-state index in [1.807, 2.05) is 6.92 Å². The molecule has 0 radical (unpaired) electrons. The highest BCUT2D eigenvalue weighted by molar-refractivity contribution is 6.30. The van der Waals surface area contributed by atoms with Crippen LogP contribution in [0.1, 0.15) is 34.3 Å². The maximum Gasteiger partial charge on any atom is 0.276 e. The van der Waals surface area contributed by atoms with Crippen LogP contribution in [0.25, 0.3) is 0 Å². The largest absolute Gasteiger partial charge is 0.337 e. The summed E-state index contributed by atoms with van der Waals surface area (Å²) in [6.07, 6.45) is 3.62. The molecule has 0 aliphatic carbocycles. The summed E-state index contributed by atoms with van der Waals surface area (Å²) in [7, 11) is 0. The van der Waals surface area contributed by atoms with Crippen LogP contribution >= 0.6 is 11.6 Å². The minimum Gasteiger partial charge on any atom is -0.337 e. The number of benzene rings is 1. The van der Waals surface area contributed by atoms with E-state index in [1.54, 1.807) is 29.2 Å². The minimum absolute atomic E-state index is 0.00574. The van der Waals surface area contributed by atoms with Crippen LogP contribution in [0, 0.1) is 5.41 Å². The van der Waals surface area contributed by atoms with E-state index < -0.39 is 5.91 Å². The SMILES string of the molecule is CC1(CN)CCN(C(=O)c2nccnc2C(=O)Nc2ccc(Cl)cc2)C1. The van der Waals surface area contributed by atoms with Gasteiger partial charge in [-0.05, 0) is 42.6 Å². The molecule has 1 fully saturated rings. The zero-order valence-corrected chi connectivity index (χ0v) is 15.2. The van der Waals surface area contributed by atoms with E-state index in [1.165, 1.54) is 12.4 Å². The first-order valence-electron chi connectivity index (χ1n) is 8.29. The molecule has 1 saturated heterocycles. The molecule has 0 saturated carbocycles. The van der Waals surface area contributed by atoms with Crippen molar-refractivity contribution in [2.45, 2.75) is 13.3 Å². The molecule has 1 aromatic carbocycles. The van der Waals surface area contributed by atoms with Gasteiger partial charge in [0.15, 0.2) is 11.4 Å². The van der Waals surface area contributed by atoms with Gasteiger partial charge in [-0.15, -0.1) is 0 Å². The average molecular weight is 374 g/mol. The quantitative estimate of drug-likeness (QED) is 0.855. The highest BCUT2D eigenvalue weighted by Crippen LogP contribution is 2.29. The fourth-order valence-electron chi connectivity index (χ4n) is 2.90. The summed E-state index contributed by atoms with van der Waals surface area (Å²) in [5.74, 6) is -0.805. The van der Waals surface area contributed by atoms with Gasteiger partial charge in [0.05, 0.1) is 0 Å². The molecule has 1 aliphatic heterocycles. The summed E-state index contributed by atoms with van der Waals surface area (Å²) in [4.78, 5) is 35.3. The van der Waals surface area contributed by atoms with Gasteiger partial charge >= 0.3 is 0 Å². The third-order valence-corrected chi connectivity index (χ3v) is 4.81. The first kappa shape index (κ1) is 18.3. The number of carbonyl (C=O) groups is 2. The zero-order valence-electron chi connectivity index (χ0n) is 14.4. The van der Waals surface area contributed by atoms with Crippen molar-refractivity contribution in [3.63, 3.8) is 0 Å². The Bertz CT molecular complexity index is 827. The second-order valence-electron chi connectivity index (χ2n) is 6.71. The lowest BCUT2D eigenvalue weighted by atomic mass is 9.90. The van der Waals surface area contributed by atoms with Gasteiger partial charge in [0.1, 0.15) is 0 Å². The molecule has 1 unspecified atom stereocenters. The molecular weight excluding hydrogens is 354 g/mol. The highest BCUT2D eigenvalue weighted by atomic mass is 35.5. The molecule has 7 nitrogen and oxygen atoms in total. The topological polar surface area (TPSA) is 101 Å². The molecule has 2 amide bonds. The number of rotatable bonds is 4. The van der Waals surface area contributed by atoms with Crippen LogP contribution < -0.4 is 11.1 Å². The number of nitrogens with two attached hydrogens (primary N) is 1. The van der Waals surface area contributed by atoms with E-state index in [2.05, 4.69) is 15.3 Å². The lowest BCUT2D eigenvalue weighted by Crippen LogP contribution is -2.36. The van der Waals surface area contributed by atoms with E-state index >= 15 is 0 Å². The van der Waals surface area contributed by atoms with Crippen molar-refractivity contribution in [1.82, 2.24) is 14.9 Å². The molecule has 1 aliphatic rings. The number of nitrogens with one attached hydrogen (secondary N) is 1. The van der Waals surface area contributed by atoms with Crippen LogP contribution in [0.5, 0.6) is 0 Å². The Morgan fingerprint density at radius 1 is 1.23 bits per heavy atom. The van der Waals surface area contributed by atoms with Gasteiger partial charge in [-0.1, -0.05) is 18.5 Å². The number of aromatic nitrogens is 2. The monoisotopic (exact) mass is 373 g/mol. The van der Waals surface area contributed by atoms with Gasteiger partial charge in [0.2, 0.25) is 0 Å². The molecule has 0 spiro atoms. The average Bonchev–Trinajstić information content (AvgIpc) is 3.06. The van der Waals surface area contributed by atoms with Gasteiger partial charge in [-0.25, -0.2) is 9.97 Å². The first-order valence-corrected chi connectivity index (χ1v) is 8.67. The van der Waals surface area contributed by atoms with Crippen LogP contribution in [0.4, 0.5) is 5.69 Å². The third kappa shape index (κ3) is 3.84. The van der Waals surface area contributed by atoms with E-state index in [0.717, 1.165) is 6.42 Å². The van der Waals surface area contributed by atoms with E-state index in [-0.39, 0.29) is 22.7 Å². The number of likely N-dealkylation sites (tertiary alicyclic amines) is 1. The van der Waals surface area contributed by atoms with Crippen LogP contribution in [-0.4, -0.2) is 46.3 Å². The summed E-state index contributed by atoms with van der Waals surface area (Å²) in [5.41, 5.74) is 6.29. The molecule has 2 aromatic rings. The third-order valence-electron chi connectivity index (χ3n) is 4.56. The second-order valence-corrected chi connectivity index (χ2v) is 7.14. The molecule has 1 aromatic heterocycles. The number of halogens is 1. The lowest BCUT2D eigenvalue weighted by molar-refractivity contribution is 0.0765. The summed E-state index contributed by atoms with van der Waals surface area (Å²) in [5, 5.41) is 3.27. The summed E-state index contributed by atoms with van der Waals surface area (Å²) in [6, 6.07) is 6.67. The molecule has 3 N–H and O–H groups in total. The molecule has 2 heterocycles. The van der Waals surface area contributed by atoms with E-state index in [4.69, 9.17) is 17.3 Å². The summed E-state index contributed by atoms with van der Waals surface area (Å²) >= 11 is 5.85. The number of hydrogen-bond acceptors (Lipinski definition) is 5. The zero-order chi connectivity index (χ0) is 18.7. The Hall–Kier alpha value is -2.51. The highest BCUT2D eigenvalue weighted by Gasteiger charge is 2.36. The molecular formula is C18H20ClN5O2. The van der Waals surface area contributed by atoms with E-state index in [9.17, 15) is 9.59 Å². The maximum atomic E-state index is 12.9. The fourth-order valence-corrected chi connectivity index (χ4v) is 3.02. The van der Waals surface area contributed by atoms with Crippen molar-refractivity contribution in [3.05, 3.63) is 53.1 Å². The summed E-state index contributed by atoms with van der Waals surface area (Å²) in [6.45, 7) is 3.67. The Balaban J connectivity index is 1.80. The van der Waals surface area contributed by atoms with Crippen molar-refractivity contribution in [2.75, 3.05) is 25.0 Å². The Morgan fingerprint density at radius 2 is 1.88 bits per heavy atom. The lowest BCUT2D eigenvalue weighted by Gasteiger charge is -2.22. The standard InChI is InChI=1S/C18H20ClN5O2/c1-18(10-20)6-9-24(11-18)17(26)15-14(21-7-8-22-15)16(25)23-13-4-2-12(19)3-5-13/h2-5,7-8H,6,9-11,20H2,1H3,(H,23,25). The van der Waals surface area contributed by atoms with Crippen LogP contribution in [0.15, 0.2) is 36.7 Å². The Labute approximate surface area is 156 Å². The van der Waals surface area contributed by atoms with Gasteiger partial charge in [0, 0.05) is 36.2 Å². The van der Waals surface area contributed by atoms with Crippen LogP contribution in [0.3, 0.4) is 0 Å². The predicted octanol–water partition coefficient (Wildman–Crippen LogP) is 2.19. The molecule has 0 bridgehead atoms. The number of anilines is 1. The molecule has 26 heavy (non-hydrogen) atoms. The first-order chi connectivity index (χ1) is 12.4. The van der Waals surface area contributed by atoms with E-state index in [0.29, 0.717) is 30.3 Å². The number of nitrogens with zero attached hydrogens (tertiary/aromatic N) is 3. The van der Waals surface area contributed by atoms with Gasteiger partial charge in [-0.3, -0.25) is 9.59 Å². The maximum absolute atomic E-state index is 12.9. The smallest absolute Gasteiger partial charge is 0.276 e. The normalized spacial score (nSPS) is 19.4. The predicted molar refractivity (Wildman–Crippen MR) is 99.1 cm³/mol. The van der Waals surface area contributed by atoms with Crippen molar-refractivity contribution in [2.24, 2.45) is 11.1 Å². The van der Waals surface area contributed by atoms with Gasteiger partial charge in [0.25, 0.3) is 11.8 Å². The van der Waals surface area contributed by atoms with Crippen molar-refractivity contribution >= 4 is 29.1 Å². The number of carbonyl (C=O) groups excluding carboxylic acids is 2. The molecule has 3 rings (SSSR count). The fraction of sp³-hybridized carbons (Fsp3) is 0.333. The number of amides is 2. The van der Waals surface area contributed by atoms with Crippen molar-refractivity contribution in [3.8, 4) is 0 Å². The number of hydrogen-bond donors (Lipinski definition) is 2. The second kappa shape index (κ2) is 7.39. The van der Waals surface area contributed by atoms with Gasteiger partial charge < -0.3 is 16.0 Å². The van der Waals surface area contributed by atoms with Crippen molar-refractivity contribution in [1.29, 1.82) is 0 Å². The Morgan fingerprint density at radius 3 is 2.50 bits per heavy atom. The minimum atomic E-state index is -0.496. The summed E-state index contributed by atoms with van der Waals surface area (Å²) < 4.78 is 0. The van der Waals surface area contributed by atoms with Crippen LogP contribution in [-0.2, 0) is 0 Å². The molecule has 136 valence electrons. The molecule has 1 atom stereocenters. The van der Waals surface area contributed by atoms with Crippen molar-refractivity contribution < 1.29 is 9.59 Å².